The first-order valence-corrected chi connectivity index (χ1v) is 10.7. The number of thioether (sulfide) groups is 1. The lowest BCUT2D eigenvalue weighted by Crippen LogP contribution is -2.43. The number of amides is 2. The van der Waals surface area contributed by atoms with Crippen LogP contribution in [0.5, 0.6) is 0 Å². The average molecular weight is 470 g/mol. The van der Waals surface area contributed by atoms with E-state index >= 15 is 0 Å². The largest absolute Gasteiger partial charge is 0.376 e. The molecule has 0 spiro atoms. The Kier molecular flexibility index (Phi) is 7.28. The van der Waals surface area contributed by atoms with Crippen LogP contribution in [0, 0.1) is 0 Å². The monoisotopic (exact) mass is 469 g/mol. The van der Waals surface area contributed by atoms with Gasteiger partial charge in [0.1, 0.15) is 0 Å². The van der Waals surface area contributed by atoms with Crippen LogP contribution >= 0.6 is 39.9 Å². The van der Waals surface area contributed by atoms with Gasteiger partial charge >= 0.3 is 0 Å². The lowest BCUT2D eigenvalue weighted by molar-refractivity contribution is -0.122. The number of imide groups is 1. The lowest BCUT2D eigenvalue weighted by Gasteiger charge is -2.16. The molecule has 1 aromatic rings. The second-order valence-electron chi connectivity index (χ2n) is 6.16. The first kappa shape index (κ1) is 20.3. The molecule has 0 aromatic heterocycles. The Morgan fingerprint density at radius 2 is 2.26 bits per heavy atom. The highest BCUT2D eigenvalue weighted by Crippen LogP contribution is 2.32. The third-order valence-corrected chi connectivity index (χ3v) is 5.84. The van der Waals surface area contributed by atoms with E-state index in [1.165, 1.54) is 4.90 Å². The number of nitrogens with zero attached hydrogens (tertiary/aromatic N) is 1. The summed E-state index contributed by atoms with van der Waals surface area (Å²) in [4.78, 5) is 26.3. The quantitative estimate of drug-likeness (QED) is 0.489. The Labute approximate surface area is 176 Å². The Morgan fingerprint density at radius 3 is 3.00 bits per heavy atom. The molecule has 2 heterocycles. The average Bonchev–Trinajstić information content (AvgIpc) is 3.24. The van der Waals surface area contributed by atoms with Crippen molar-refractivity contribution in [2.75, 3.05) is 26.2 Å². The molecule has 1 atom stereocenters. The highest BCUT2D eigenvalue weighted by atomic mass is 79.9. The number of hydrogen-bond donors (Lipinski definition) is 2. The van der Waals surface area contributed by atoms with Crippen LogP contribution in [0.1, 0.15) is 18.4 Å². The summed E-state index contributed by atoms with van der Waals surface area (Å²) in [7, 11) is 0. The van der Waals surface area contributed by atoms with Gasteiger partial charge in [-0.3, -0.25) is 14.5 Å². The molecule has 2 N–H and O–H groups in total. The maximum Gasteiger partial charge on any atom is 0.293 e. The van der Waals surface area contributed by atoms with Gasteiger partial charge in [0.15, 0.2) is 5.11 Å². The Balaban J connectivity index is 1.46. The fraction of sp³-hybridized carbons (Fsp3) is 0.389. The molecule has 2 aliphatic rings. The number of hydrogen-bond acceptors (Lipinski definition) is 5. The van der Waals surface area contributed by atoms with Crippen molar-refractivity contribution in [3.8, 4) is 0 Å². The molecule has 2 amide bonds. The van der Waals surface area contributed by atoms with E-state index in [2.05, 4.69) is 26.6 Å². The number of rotatable bonds is 6. The van der Waals surface area contributed by atoms with E-state index in [0.29, 0.717) is 23.1 Å². The summed E-state index contributed by atoms with van der Waals surface area (Å²) in [6, 6.07) is 7.57. The smallest absolute Gasteiger partial charge is 0.293 e. The van der Waals surface area contributed by atoms with Gasteiger partial charge in [0.25, 0.3) is 11.1 Å². The highest BCUT2D eigenvalue weighted by molar-refractivity contribution is 9.10. The van der Waals surface area contributed by atoms with Gasteiger partial charge in [-0.25, -0.2) is 0 Å². The van der Waals surface area contributed by atoms with E-state index in [0.717, 1.165) is 41.2 Å². The number of ether oxygens (including phenoxy) is 1. The summed E-state index contributed by atoms with van der Waals surface area (Å²) in [5.74, 6) is -0.273. The topological polar surface area (TPSA) is 70.7 Å². The van der Waals surface area contributed by atoms with Crippen molar-refractivity contribution in [2.24, 2.45) is 0 Å². The molecule has 0 aliphatic carbocycles. The molecule has 2 saturated heterocycles. The van der Waals surface area contributed by atoms with E-state index in [-0.39, 0.29) is 23.8 Å². The molecule has 6 nitrogen and oxygen atoms in total. The Morgan fingerprint density at radius 1 is 1.41 bits per heavy atom. The molecular formula is C18H20BrN3O3S2. The van der Waals surface area contributed by atoms with Crippen LogP contribution in [0.4, 0.5) is 4.79 Å². The van der Waals surface area contributed by atoms with Gasteiger partial charge in [0.05, 0.1) is 11.0 Å². The van der Waals surface area contributed by atoms with Crippen molar-refractivity contribution in [3.05, 3.63) is 39.2 Å². The maximum atomic E-state index is 12.5. The van der Waals surface area contributed by atoms with E-state index in [1.54, 1.807) is 6.08 Å². The normalized spacial score (nSPS) is 21.1. The van der Waals surface area contributed by atoms with Crippen LogP contribution in [0.25, 0.3) is 6.08 Å². The van der Waals surface area contributed by atoms with Crippen molar-refractivity contribution in [3.63, 3.8) is 0 Å². The minimum Gasteiger partial charge on any atom is -0.376 e. The molecule has 2 aliphatic heterocycles. The van der Waals surface area contributed by atoms with Gasteiger partial charge in [-0.1, -0.05) is 28.1 Å². The summed E-state index contributed by atoms with van der Waals surface area (Å²) in [5.41, 5.74) is 0.868. The molecule has 1 aromatic carbocycles. The fourth-order valence-corrected chi connectivity index (χ4v) is 4.26. The van der Waals surface area contributed by atoms with Crippen LogP contribution in [-0.2, 0) is 9.53 Å². The predicted molar refractivity (Wildman–Crippen MR) is 114 cm³/mol. The van der Waals surface area contributed by atoms with Crippen LogP contribution in [0.15, 0.2) is 33.6 Å². The van der Waals surface area contributed by atoms with E-state index < -0.39 is 0 Å². The van der Waals surface area contributed by atoms with Gasteiger partial charge in [-0.15, -0.1) is 0 Å². The van der Waals surface area contributed by atoms with Crippen LogP contribution in [0.3, 0.4) is 0 Å². The number of benzene rings is 1. The van der Waals surface area contributed by atoms with Gasteiger partial charge in [-0.2, -0.15) is 0 Å². The van der Waals surface area contributed by atoms with Gasteiger partial charge in [0.2, 0.25) is 0 Å². The number of thiocarbonyl (C=S) groups is 1. The third kappa shape index (κ3) is 5.78. The summed E-state index contributed by atoms with van der Waals surface area (Å²) < 4.78 is 6.45. The first-order chi connectivity index (χ1) is 13.0. The standard InChI is InChI=1S/C18H20BrN3O3S2/c19-13-4-1-3-12(9-13)10-15-16(23)22(18(24)27-15)7-6-20-17(26)21-11-14-5-2-8-25-14/h1,3-4,9-10,14H,2,5-8,11H2,(H2,20,21,26)/b15-10-/t14-/m0/s1. The molecule has 0 bridgehead atoms. The minimum atomic E-state index is -0.273. The molecule has 27 heavy (non-hydrogen) atoms. The van der Waals surface area contributed by atoms with Crippen molar-refractivity contribution < 1.29 is 14.3 Å². The number of nitrogens with one attached hydrogen (secondary N) is 2. The van der Waals surface area contributed by atoms with E-state index in [4.69, 9.17) is 17.0 Å². The summed E-state index contributed by atoms with van der Waals surface area (Å²) in [6.07, 6.45) is 4.06. The molecule has 144 valence electrons. The molecule has 9 heteroatoms. The molecule has 0 unspecified atom stereocenters. The molecule has 0 saturated carbocycles. The second kappa shape index (κ2) is 9.68. The number of carbonyl (C=O) groups is 2. The second-order valence-corrected chi connectivity index (χ2v) is 8.48. The van der Waals surface area contributed by atoms with Gasteiger partial charge < -0.3 is 15.4 Å². The first-order valence-electron chi connectivity index (χ1n) is 8.67. The number of carbonyl (C=O) groups excluding carboxylic acids is 2. The number of halogens is 1. The van der Waals surface area contributed by atoms with Gasteiger partial charge in [0, 0.05) is 30.7 Å². The Hall–Kier alpha value is -1.42. The molecular weight excluding hydrogens is 450 g/mol. The zero-order valence-electron chi connectivity index (χ0n) is 14.6. The zero-order chi connectivity index (χ0) is 19.2. The van der Waals surface area contributed by atoms with Crippen LogP contribution in [-0.4, -0.2) is 53.5 Å². The maximum absolute atomic E-state index is 12.5. The summed E-state index contributed by atoms with van der Waals surface area (Å²) in [5, 5.41) is 6.37. The summed E-state index contributed by atoms with van der Waals surface area (Å²) >= 11 is 9.58. The van der Waals surface area contributed by atoms with E-state index in [9.17, 15) is 9.59 Å². The SMILES string of the molecule is O=C1S/C(=C\c2cccc(Br)c2)C(=O)N1CCNC(=S)NC[C@@H]1CCCO1. The fourth-order valence-electron chi connectivity index (χ4n) is 2.80. The lowest BCUT2D eigenvalue weighted by atomic mass is 10.2. The van der Waals surface area contributed by atoms with Crippen molar-refractivity contribution in [1.29, 1.82) is 0 Å². The zero-order valence-corrected chi connectivity index (χ0v) is 17.8. The minimum absolute atomic E-state index is 0.202. The third-order valence-electron chi connectivity index (χ3n) is 4.16. The molecule has 3 rings (SSSR count). The van der Waals surface area contributed by atoms with Crippen molar-refractivity contribution in [1.82, 2.24) is 15.5 Å². The van der Waals surface area contributed by atoms with Crippen LogP contribution < -0.4 is 10.6 Å². The Bertz CT molecular complexity index is 766. The van der Waals surface area contributed by atoms with Crippen molar-refractivity contribution >= 4 is 62.2 Å². The van der Waals surface area contributed by atoms with Gasteiger partial charge in [-0.05, 0) is 60.6 Å². The molecule has 0 radical (unpaired) electrons. The van der Waals surface area contributed by atoms with Crippen molar-refractivity contribution in [2.45, 2.75) is 18.9 Å². The molecule has 2 fully saturated rings. The van der Waals surface area contributed by atoms with Crippen LogP contribution in [0.2, 0.25) is 0 Å². The highest BCUT2D eigenvalue weighted by Gasteiger charge is 2.34. The summed E-state index contributed by atoms with van der Waals surface area (Å²) in [6.45, 7) is 2.14. The predicted octanol–water partition coefficient (Wildman–Crippen LogP) is 3.13. The van der Waals surface area contributed by atoms with E-state index in [1.807, 2.05) is 24.3 Å².